The number of anilines is 1. The van der Waals surface area contributed by atoms with Crippen molar-refractivity contribution in [3.05, 3.63) is 29.8 Å². The molecule has 0 radical (unpaired) electrons. The van der Waals surface area contributed by atoms with Gasteiger partial charge in [0.05, 0.1) is 0 Å². The van der Waals surface area contributed by atoms with Gasteiger partial charge in [0, 0.05) is 24.8 Å². The van der Waals surface area contributed by atoms with Crippen LogP contribution in [0.25, 0.3) is 0 Å². The Balaban J connectivity index is 2.21. The molecule has 0 amide bonds. The highest BCUT2D eigenvalue weighted by Gasteiger charge is 2.22. The molecule has 0 saturated carbocycles. The Kier molecular flexibility index (Phi) is 3.83. The Morgan fingerprint density at radius 3 is 2.88 bits per heavy atom. The monoisotopic (exact) mass is 218 g/mol. The highest BCUT2D eigenvalue weighted by Crippen LogP contribution is 2.33. The van der Waals surface area contributed by atoms with Crippen LogP contribution in [0, 0.1) is 0 Å². The summed E-state index contributed by atoms with van der Waals surface area (Å²) >= 11 is 0. The zero-order chi connectivity index (χ0) is 11.4. The summed E-state index contributed by atoms with van der Waals surface area (Å²) < 4.78 is 0. The third kappa shape index (κ3) is 2.22. The molecule has 0 saturated heterocycles. The van der Waals surface area contributed by atoms with Crippen LogP contribution < -0.4 is 10.2 Å². The Hall–Kier alpha value is -1.02. The maximum Gasteiger partial charge on any atom is 0.0414 e. The summed E-state index contributed by atoms with van der Waals surface area (Å²) in [6.45, 7) is 7.86. The summed E-state index contributed by atoms with van der Waals surface area (Å²) in [5.74, 6) is 0. The van der Waals surface area contributed by atoms with E-state index in [9.17, 15) is 0 Å². The van der Waals surface area contributed by atoms with Crippen molar-refractivity contribution < 1.29 is 0 Å². The second-order valence-corrected chi connectivity index (χ2v) is 4.43. The number of benzene rings is 1. The van der Waals surface area contributed by atoms with Crippen LogP contribution in [0.1, 0.15) is 38.3 Å². The molecule has 2 rings (SSSR count). The van der Waals surface area contributed by atoms with Crippen LogP contribution in [0.15, 0.2) is 24.3 Å². The van der Waals surface area contributed by atoms with Crippen molar-refractivity contribution in [2.75, 3.05) is 24.5 Å². The fourth-order valence-electron chi connectivity index (χ4n) is 2.49. The highest BCUT2D eigenvalue weighted by molar-refractivity contribution is 5.56. The smallest absolute Gasteiger partial charge is 0.0414 e. The molecule has 1 atom stereocenters. The van der Waals surface area contributed by atoms with Gasteiger partial charge in [-0.2, -0.15) is 0 Å². The average molecular weight is 218 g/mol. The van der Waals surface area contributed by atoms with E-state index in [1.165, 1.54) is 30.6 Å². The van der Waals surface area contributed by atoms with Gasteiger partial charge in [-0.1, -0.05) is 25.1 Å². The van der Waals surface area contributed by atoms with Gasteiger partial charge >= 0.3 is 0 Å². The Labute approximate surface area is 98.7 Å². The lowest BCUT2D eigenvalue weighted by Crippen LogP contribution is -2.35. The van der Waals surface area contributed by atoms with E-state index in [-0.39, 0.29) is 0 Å². The number of hydrogen-bond donors (Lipinski definition) is 1. The minimum atomic E-state index is 0.555. The van der Waals surface area contributed by atoms with Crippen molar-refractivity contribution in [2.24, 2.45) is 0 Å². The molecular weight excluding hydrogens is 196 g/mol. The van der Waals surface area contributed by atoms with Crippen LogP contribution in [0.2, 0.25) is 0 Å². The molecule has 1 heterocycles. The molecule has 1 aromatic rings. The molecule has 0 aromatic heterocycles. The quantitative estimate of drug-likeness (QED) is 0.836. The van der Waals surface area contributed by atoms with Crippen LogP contribution in [0.4, 0.5) is 5.69 Å². The molecule has 1 aliphatic rings. The van der Waals surface area contributed by atoms with Crippen LogP contribution >= 0.6 is 0 Å². The van der Waals surface area contributed by atoms with Gasteiger partial charge in [-0.25, -0.2) is 0 Å². The van der Waals surface area contributed by atoms with Gasteiger partial charge in [0.1, 0.15) is 0 Å². The number of hydrogen-bond acceptors (Lipinski definition) is 2. The zero-order valence-corrected chi connectivity index (χ0v) is 10.4. The van der Waals surface area contributed by atoms with Gasteiger partial charge in [-0.15, -0.1) is 0 Å². The molecular formula is C14H22N2. The first kappa shape index (κ1) is 11.5. The van der Waals surface area contributed by atoms with Gasteiger partial charge in [0.2, 0.25) is 0 Å². The topological polar surface area (TPSA) is 15.3 Å². The van der Waals surface area contributed by atoms with Crippen molar-refractivity contribution in [1.29, 1.82) is 0 Å². The summed E-state index contributed by atoms with van der Waals surface area (Å²) in [6, 6.07) is 9.37. The minimum Gasteiger partial charge on any atom is -0.371 e. The van der Waals surface area contributed by atoms with E-state index in [0.717, 1.165) is 13.1 Å². The fourth-order valence-corrected chi connectivity index (χ4v) is 2.49. The Morgan fingerprint density at radius 2 is 2.12 bits per heavy atom. The van der Waals surface area contributed by atoms with Gasteiger partial charge in [-0.05, 0) is 37.9 Å². The lowest BCUT2D eigenvalue weighted by Gasteiger charge is -2.35. The lowest BCUT2D eigenvalue weighted by atomic mass is 9.96. The molecule has 0 fully saturated rings. The predicted octanol–water partition coefficient (Wildman–Crippen LogP) is 2.96. The number of rotatable bonds is 4. The molecule has 0 aliphatic carbocycles. The summed E-state index contributed by atoms with van der Waals surface area (Å²) in [7, 11) is 0. The summed E-state index contributed by atoms with van der Waals surface area (Å²) in [5, 5.41) is 3.65. The molecule has 1 aromatic carbocycles. The Bertz CT molecular complexity index is 335. The van der Waals surface area contributed by atoms with Gasteiger partial charge in [0.15, 0.2) is 0 Å². The highest BCUT2D eigenvalue weighted by atomic mass is 15.1. The molecule has 1 N–H and O–H groups in total. The molecule has 2 nitrogen and oxygen atoms in total. The maximum atomic E-state index is 3.65. The van der Waals surface area contributed by atoms with Crippen molar-refractivity contribution in [1.82, 2.24) is 5.32 Å². The number of fused-ring (bicyclic) bond motifs is 1. The lowest BCUT2D eigenvalue weighted by molar-refractivity contribution is 0.480. The molecule has 0 spiro atoms. The molecule has 2 heteroatoms. The SMILES string of the molecule is CCCNC1CCN(CC)c2ccccc21. The van der Waals surface area contributed by atoms with E-state index in [1.54, 1.807) is 0 Å². The summed E-state index contributed by atoms with van der Waals surface area (Å²) in [5.41, 5.74) is 2.90. The van der Waals surface area contributed by atoms with Crippen LogP contribution in [0.5, 0.6) is 0 Å². The number of para-hydroxylation sites is 1. The van der Waals surface area contributed by atoms with Gasteiger partial charge in [0.25, 0.3) is 0 Å². The van der Waals surface area contributed by atoms with E-state index in [1.807, 2.05) is 0 Å². The molecule has 1 aliphatic heterocycles. The third-order valence-corrected chi connectivity index (χ3v) is 3.36. The minimum absolute atomic E-state index is 0.555. The van der Waals surface area contributed by atoms with Crippen LogP contribution in [-0.4, -0.2) is 19.6 Å². The standard InChI is InChI=1S/C14H22N2/c1-3-10-15-13-9-11-16(4-2)14-8-6-5-7-12(13)14/h5-8,13,15H,3-4,9-11H2,1-2H3. The van der Waals surface area contributed by atoms with Crippen molar-refractivity contribution in [3.8, 4) is 0 Å². The van der Waals surface area contributed by atoms with Gasteiger partial charge < -0.3 is 10.2 Å². The number of nitrogens with zero attached hydrogens (tertiary/aromatic N) is 1. The second kappa shape index (κ2) is 5.35. The summed E-state index contributed by atoms with van der Waals surface area (Å²) in [6.07, 6.45) is 2.43. The first-order chi connectivity index (χ1) is 7.86. The van der Waals surface area contributed by atoms with Crippen molar-refractivity contribution in [2.45, 2.75) is 32.7 Å². The second-order valence-electron chi connectivity index (χ2n) is 4.43. The first-order valence-electron chi connectivity index (χ1n) is 6.44. The molecule has 0 bridgehead atoms. The van der Waals surface area contributed by atoms with E-state index in [2.05, 4.69) is 48.3 Å². The van der Waals surface area contributed by atoms with Crippen molar-refractivity contribution in [3.63, 3.8) is 0 Å². The summed E-state index contributed by atoms with van der Waals surface area (Å²) in [4.78, 5) is 2.47. The first-order valence-corrected chi connectivity index (χ1v) is 6.44. The molecule has 1 unspecified atom stereocenters. The third-order valence-electron chi connectivity index (χ3n) is 3.36. The van der Waals surface area contributed by atoms with E-state index >= 15 is 0 Å². The fraction of sp³-hybridized carbons (Fsp3) is 0.571. The maximum absolute atomic E-state index is 3.65. The van der Waals surface area contributed by atoms with Gasteiger partial charge in [-0.3, -0.25) is 0 Å². The molecule has 88 valence electrons. The van der Waals surface area contributed by atoms with Crippen molar-refractivity contribution >= 4 is 5.69 Å². The van der Waals surface area contributed by atoms with E-state index < -0.39 is 0 Å². The van der Waals surface area contributed by atoms with Crippen LogP contribution in [-0.2, 0) is 0 Å². The average Bonchev–Trinajstić information content (AvgIpc) is 2.36. The Morgan fingerprint density at radius 1 is 1.31 bits per heavy atom. The number of nitrogens with one attached hydrogen (secondary N) is 1. The van der Waals surface area contributed by atoms with E-state index in [4.69, 9.17) is 0 Å². The van der Waals surface area contributed by atoms with E-state index in [0.29, 0.717) is 6.04 Å². The largest absolute Gasteiger partial charge is 0.371 e. The molecule has 16 heavy (non-hydrogen) atoms. The van der Waals surface area contributed by atoms with Crippen LogP contribution in [0.3, 0.4) is 0 Å². The predicted molar refractivity (Wildman–Crippen MR) is 70.0 cm³/mol. The normalized spacial score (nSPS) is 19.6. The zero-order valence-electron chi connectivity index (χ0n) is 10.4.